The number of hydrogen-bond donors (Lipinski definition) is 1. The first kappa shape index (κ1) is 15.8. The molecule has 4 nitrogen and oxygen atoms in total. The third kappa shape index (κ3) is 4.06. The molecule has 2 aromatic heterocycles. The summed E-state index contributed by atoms with van der Waals surface area (Å²) < 4.78 is 1.93. The number of nitrogens with zero attached hydrogens (tertiary/aromatic N) is 2. The first-order chi connectivity index (χ1) is 12.3. The molecule has 5 heteroatoms. The summed E-state index contributed by atoms with van der Waals surface area (Å²) in [5, 5.41) is 9.76. The second-order valence-corrected chi connectivity index (χ2v) is 7.16. The van der Waals surface area contributed by atoms with Gasteiger partial charge in [0, 0.05) is 23.9 Å². The minimum absolute atomic E-state index is 0.0320. The van der Waals surface area contributed by atoms with E-state index >= 15 is 0 Å². The van der Waals surface area contributed by atoms with E-state index in [1.165, 1.54) is 5.56 Å². The van der Waals surface area contributed by atoms with Crippen molar-refractivity contribution in [3.8, 4) is 10.6 Å². The van der Waals surface area contributed by atoms with Crippen molar-refractivity contribution < 1.29 is 4.79 Å². The van der Waals surface area contributed by atoms with E-state index in [2.05, 4.69) is 23.5 Å². The molecule has 1 aromatic carbocycles. The fourth-order valence-corrected chi connectivity index (χ4v) is 3.39. The molecule has 1 aliphatic rings. The molecule has 0 atom stereocenters. The van der Waals surface area contributed by atoms with E-state index in [4.69, 9.17) is 5.10 Å². The van der Waals surface area contributed by atoms with Crippen LogP contribution in [0.4, 0.5) is 0 Å². The van der Waals surface area contributed by atoms with Gasteiger partial charge in [-0.3, -0.25) is 9.48 Å². The van der Waals surface area contributed by atoms with Crippen LogP contribution in [0.1, 0.15) is 24.0 Å². The van der Waals surface area contributed by atoms with Crippen molar-refractivity contribution in [2.45, 2.75) is 25.4 Å². The van der Waals surface area contributed by atoms with Crippen molar-refractivity contribution in [1.29, 1.82) is 0 Å². The SMILES string of the molecule is O=C(/C=C\c1cn(Cc2ccccc2)nc1-c1cccs1)NC1CC1. The van der Waals surface area contributed by atoms with E-state index in [0.717, 1.165) is 29.0 Å². The molecule has 1 aliphatic carbocycles. The van der Waals surface area contributed by atoms with Gasteiger partial charge >= 0.3 is 0 Å². The topological polar surface area (TPSA) is 46.9 Å². The molecule has 0 unspecified atom stereocenters. The maximum Gasteiger partial charge on any atom is 0.244 e. The van der Waals surface area contributed by atoms with Gasteiger partial charge in [0.1, 0.15) is 5.69 Å². The largest absolute Gasteiger partial charge is 0.350 e. The van der Waals surface area contributed by atoms with Crippen LogP contribution in [0.2, 0.25) is 0 Å². The summed E-state index contributed by atoms with van der Waals surface area (Å²) in [6, 6.07) is 14.7. The lowest BCUT2D eigenvalue weighted by molar-refractivity contribution is -0.116. The Morgan fingerprint density at radius 2 is 2.08 bits per heavy atom. The summed E-state index contributed by atoms with van der Waals surface area (Å²) in [5.41, 5.74) is 3.08. The van der Waals surface area contributed by atoms with Gasteiger partial charge in [-0.2, -0.15) is 5.10 Å². The number of hydrogen-bond acceptors (Lipinski definition) is 3. The van der Waals surface area contributed by atoms with Crippen LogP contribution >= 0.6 is 11.3 Å². The fourth-order valence-electron chi connectivity index (χ4n) is 2.66. The summed E-state index contributed by atoms with van der Waals surface area (Å²) >= 11 is 1.65. The number of aromatic nitrogens is 2. The summed E-state index contributed by atoms with van der Waals surface area (Å²) in [5.74, 6) is -0.0320. The van der Waals surface area contributed by atoms with E-state index in [1.807, 2.05) is 46.6 Å². The second-order valence-electron chi connectivity index (χ2n) is 6.21. The van der Waals surface area contributed by atoms with Crippen molar-refractivity contribution in [2.75, 3.05) is 0 Å². The van der Waals surface area contributed by atoms with Crippen molar-refractivity contribution in [3.63, 3.8) is 0 Å². The molecule has 1 saturated carbocycles. The monoisotopic (exact) mass is 349 g/mol. The molecular formula is C20H19N3OS. The minimum Gasteiger partial charge on any atom is -0.350 e. The van der Waals surface area contributed by atoms with E-state index < -0.39 is 0 Å². The molecule has 1 amide bonds. The Hall–Kier alpha value is -2.66. The first-order valence-electron chi connectivity index (χ1n) is 8.42. The van der Waals surface area contributed by atoms with Crippen molar-refractivity contribution in [2.24, 2.45) is 0 Å². The molecule has 0 aliphatic heterocycles. The zero-order chi connectivity index (χ0) is 17.1. The van der Waals surface area contributed by atoms with Crippen LogP contribution in [0.15, 0.2) is 60.1 Å². The molecule has 25 heavy (non-hydrogen) atoms. The highest BCUT2D eigenvalue weighted by Gasteiger charge is 2.22. The van der Waals surface area contributed by atoms with Gasteiger partial charge in [-0.1, -0.05) is 36.4 Å². The summed E-state index contributed by atoms with van der Waals surface area (Å²) in [7, 11) is 0. The predicted molar refractivity (Wildman–Crippen MR) is 101 cm³/mol. The molecule has 1 N–H and O–H groups in total. The first-order valence-corrected chi connectivity index (χ1v) is 9.30. The van der Waals surface area contributed by atoms with E-state index in [0.29, 0.717) is 12.6 Å². The Morgan fingerprint density at radius 1 is 1.24 bits per heavy atom. The van der Waals surface area contributed by atoms with Gasteiger partial charge in [0.05, 0.1) is 11.4 Å². The average Bonchev–Trinajstić information content (AvgIpc) is 3.11. The van der Waals surface area contributed by atoms with Crippen LogP contribution in [-0.4, -0.2) is 21.7 Å². The van der Waals surface area contributed by atoms with Gasteiger partial charge in [0.2, 0.25) is 5.91 Å². The van der Waals surface area contributed by atoms with Crippen LogP contribution in [-0.2, 0) is 11.3 Å². The number of thiophene rings is 1. The highest BCUT2D eigenvalue weighted by molar-refractivity contribution is 7.13. The van der Waals surface area contributed by atoms with Crippen LogP contribution in [0.3, 0.4) is 0 Å². The molecule has 3 aromatic rings. The van der Waals surface area contributed by atoms with E-state index in [1.54, 1.807) is 17.4 Å². The zero-order valence-corrected chi connectivity index (χ0v) is 14.6. The maximum atomic E-state index is 11.9. The highest BCUT2D eigenvalue weighted by atomic mass is 32.1. The van der Waals surface area contributed by atoms with E-state index in [9.17, 15) is 4.79 Å². The standard InChI is InChI=1S/C20H19N3OS/c24-19(21-17-9-10-17)11-8-16-14-23(13-15-5-2-1-3-6-15)22-20(16)18-7-4-12-25-18/h1-8,11-12,14,17H,9-10,13H2,(H,21,24)/b11-8-. The molecule has 1 fully saturated rings. The Labute approximate surface area is 150 Å². The maximum absolute atomic E-state index is 11.9. The van der Waals surface area contributed by atoms with Crippen LogP contribution < -0.4 is 5.32 Å². The molecule has 2 heterocycles. The number of nitrogens with one attached hydrogen (secondary N) is 1. The Morgan fingerprint density at radius 3 is 2.80 bits per heavy atom. The molecule has 4 rings (SSSR count). The lowest BCUT2D eigenvalue weighted by atomic mass is 10.2. The van der Waals surface area contributed by atoms with Crippen molar-refractivity contribution >= 4 is 23.3 Å². The van der Waals surface area contributed by atoms with E-state index in [-0.39, 0.29) is 5.91 Å². The van der Waals surface area contributed by atoms with Crippen molar-refractivity contribution in [1.82, 2.24) is 15.1 Å². The number of carbonyl (C=O) groups is 1. The zero-order valence-electron chi connectivity index (χ0n) is 13.8. The quantitative estimate of drug-likeness (QED) is 0.685. The number of carbonyl (C=O) groups excluding carboxylic acids is 1. The minimum atomic E-state index is -0.0320. The molecule has 126 valence electrons. The average molecular weight is 349 g/mol. The number of benzene rings is 1. The number of rotatable bonds is 6. The Kier molecular flexibility index (Phi) is 4.48. The lowest BCUT2D eigenvalue weighted by Crippen LogP contribution is -2.22. The van der Waals surface area contributed by atoms with Gasteiger partial charge in [-0.05, 0) is 35.9 Å². The van der Waals surface area contributed by atoms with Crippen molar-refractivity contribution in [3.05, 3.63) is 71.2 Å². The highest BCUT2D eigenvalue weighted by Crippen LogP contribution is 2.28. The summed E-state index contributed by atoms with van der Waals surface area (Å²) in [6.45, 7) is 0.710. The molecule has 0 saturated heterocycles. The summed E-state index contributed by atoms with van der Waals surface area (Å²) in [6.07, 6.45) is 7.66. The third-order valence-electron chi connectivity index (χ3n) is 4.07. The third-order valence-corrected chi connectivity index (χ3v) is 4.95. The summed E-state index contributed by atoms with van der Waals surface area (Å²) in [4.78, 5) is 13.0. The van der Waals surface area contributed by atoms with Gasteiger partial charge < -0.3 is 5.32 Å². The van der Waals surface area contributed by atoms with Gasteiger partial charge in [0.15, 0.2) is 0 Å². The predicted octanol–water partition coefficient (Wildman–Crippen LogP) is 3.95. The normalized spacial score (nSPS) is 14.1. The van der Waals surface area contributed by atoms with Crippen LogP contribution in [0, 0.1) is 0 Å². The Bertz CT molecular complexity index is 877. The Balaban J connectivity index is 1.59. The van der Waals surface area contributed by atoms with Gasteiger partial charge in [-0.15, -0.1) is 11.3 Å². The number of amides is 1. The lowest BCUT2D eigenvalue weighted by Gasteiger charge is -2.00. The van der Waals surface area contributed by atoms with Gasteiger partial charge in [0.25, 0.3) is 0 Å². The fraction of sp³-hybridized carbons (Fsp3) is 0.200. The van der Waals surface area contributed by atoms with Gasteiger partial charge in [-0.25, -0.2) is 0 Å². The molecular weight excluding hydrogens is 330 g/mol. The molecule has 0 radical (unpaired) electrons. The smallest absolute Gasteiger partial charge is 0.244 e. The van der Waals surface area contributed by atoms with Crippen LogP contribution in [0.5, 0.6) is 0 Å². The second kappa shape index (κ2) is 7.07. The van der Waals surface area contributed by atoms with Crippen LogP contribution in [0.25, 0.3) is 16.6 Å². The molecule has 0 bridgehead atoms. The molecule has 0 spiro atoms.